The van der Waals surface area contributed by atoms with Crippen LogP contribution in [0.3, 0.4) is 0 Å². The first kappa shape index (κ1) is 21.1. The molecule has 0 spiro atoms. The number of ether oxygens (including phenoxy) is 1. The Morgan fingerprint density at radius 1 is 1.19 bits per heavy atom. The smallest absolute Gasteiger partial charge is 0.338 e. The van der Waals surface area contributed by atoms with Crippen molar-refractivity contribution in [1.82, 2.24) is 4.57 Å². The second-order valence-corrected chi connectivity index (χ2v) is 8.15. The zero-order chi connectivity index (χ0) is 22.3. The Labute approximate surface area is 183 Å². The Balaban J connectivity index is 1.81. The Kier molecular flexibility index (Phi) is 5.56. The second-order valence-electron chi connectivity index (χ2n) is 8.15. The molecule has 2 heterocycles. The number of fused-ring (bicyclic) bond motifs is 2. The van der Waals surface area contributed by atoms with Crippen molar-refractivity contribution >= 4 is 28.6 Å². The number of amides is 1. The average Bonchev–Trinajstić information content (AvgIpc) is 3.24. The van der Waals surface area contributed by atoms with Gasteiger partial charge in [0.2, 0.25) is 0 Å². The molecule has 2 atom stereocenters. The molecule has 2 aromatic carbocycles. The number of esters is 1. The van der Waals surface area contributed by atoms with E-state index in [-0.39, 0.29) is 17.9 Å². The van der Waals surface area contributed by atoms with Crippen molar-refractivity contribution in [2.24, 2.45) is 0 Å². The lowest BCUT2D eigenvalue weighted by Crippen LogP contribution is -2.41. The number of hydrogen-bond donors (Lipinski definition) is 0. The number of rotatable bonds is 5. The molecule has 31 heavy (non-hydrogen) atoms. The Hall–Kier alpha value is -3.15. The van der Waals surface area contributed by atoms with E-state index < -0.39 is 6.04 Å². The third-order valence-corrected chi connectivity index (χ3v) is 6.28. The van der Waals surface area contributed by atoms with Gasteiger partial charge in [0.25, 0.3) is 11.7 Å². The maximum absolute atomic E-state index is 13.7. The van der Waals surface area contributed by atoms with Crippen molar-refractivity contribution in [3.05, 3.63) is 59.4 Å². The molecule has 162 valence electrons. The number of carbonyl (C=O) groups is 2. The lowest BCUT2D eigenvalue weighted by atomic mass is 10.1. The van der Waals surface area contributed by atoms with Crippen molar-refractivity contribution in [3.8, 4) is 0 Å². The van der Waals surface area contributed by atoms with Crippen LogP contribution in [-0.4, -0.2) is 29.1 Å². The summed E-state index contributed by atoms with van der Waals surface area (Å²) in [6.07, 6.45) is 0.863. The summed E-state index contributed by atoms with van der Waals surface area (Å²) in [5.41, 5.74) is 4.57. The molecule has 1 aromatic heterocycles. The molecule has 0 radical (unpaired) electrons. The van der Waals surface area contributed by atoms with Crippen LogP contribution in [0.15, 0.2) is 42.5 Å². The standard InChI is InChI=1S/C25H30N3O3/c1-6-26-18(5)28(23-15-20(12-13-22(23)26)25(30)31-7-2)17(4)24(29)27-16(3)14-19-10-8-9-11-21(19)27/h8-13,15-17H,6-7,14H2,1-5H3/q+1/t16-,17-/m0/s1. The number of nitrogens with zero attached hydrogens (tertiary/aromatic N) is 3. The van der Waals surface area contributed by atoms with Crippen molar-refractivity contribution in [1.29, 1.82) is 0 Å². The van der Waals surface area contributed by atoms with Gasteiger partial charge in [0.05, 0.1) is 18.7 Å². The lowest BCUT2D eigenvalue weighted by Gasteiger charge is -2.25. The van der Waals surface area contributed by atoms with Gasteiger partial charge in [-0.25, -0.2) is 13.9 Å². The van der Waals surface area contributed by atoms with E-state index >= 15 is 0 Å². The lowest BCUT2D eigenvalue weighted by molar-refractivity contribution is -0.675. The van der Waals surface area contributed by atoms with E-state index in [0.717, 1.165) is 35.5 Å². The zero-order valence-electron chi connectivity index (χ0n) is 18.9. The molecule has 0 unspecified atom stereocenters. The minimum absolute atomic E-state index is 0.0576. The van der Waals surface area contributed by atoms with Gasteiger partial charge in [0.15, 0.2) is 17.1 Å². The van der Waals surface area contributed by atoms with Gasteiger partial charge in [0, 0.05) is 24.7 Å². The summed E-state index contributed by atoms with van der Waals surface area (Å²) in [7, 11) is 0. The predicted molar refractivity (Wildman–Crippen MR) is 120 cm³/mol. The van der Waals surface area contributed by atoms with E-state index in [9.17, 15) is 9.59 Å². The first-order chi connectivity index (χ1) is 14.9. The second kappa shape index (κ2) is 8.17. The number of carbonyl (C=O) groups excluding carboxylic acids is 2. The largest absolute Gasteiger partial charge is 0.462 e. The molecular weight excluding hydrogens is 390 g/mol. The fourth-order valence-corrected chi connectivity index (χ4v) is 4.87. The van der Waals surface area contributed by atoms with Crippen LogP contribution in [0.25, 0.3) is 11.0 Å². The highest BCUT2D eigenvalue weighted by molar-refractivity contribution is 5.99. The molecule has 0 N–H and O–H groups in total. The Morgan fingerprint density at radius 2 is 1.94 bits per heavy atom. The van der Waals surface area contributed by atoms with Crippen LogP contribution >= 0.6 is 0 Å². The number of anilines is 1. The van der Waals surface area contributed by atoms with Crippen LogP contribution in [0, 0.1) is 6.92 Å². The van der Waals surface area contributed by atoms with Crippen molar-refractivity contribution in [2.75, 3.05) is 11.5 Å². The molecule has 3 aromatic rings. The maximum atomic E-state index is 13.7. The third-order valence-electron chi connectivity index (χ3n) is 6.28. The highest BCUT2D eigenvalue weighted by atomic mass is 16.5. The van der Waals surface area contributed by atoms with Crippen LogP contribution in [-0.2, 0) is 22.5 Å². The monoisotopic (exact) mass is 420 g/mol. The molecule has 1 aliphatic rings. The summed E-state index contributed by atoms with van der Waals surface area (Å²) < 4.78 is 9.42. The van der Waals surface area contributed by atoms with E-state index in [0.29, 0.717) is 12.2 Å². The van der Waals surface area contributed by atoms with Crippen molar-refractivity contribution in [2.45, 2.75) is 59.7 Å². The minimum Gasteiger partial charge on any atom is -0.462 e. The fourth-order valence-electron chi connectivity index (χ4n) is 4.87. The van der Waals surface area contributed by atoms with Gasteiger partial charge in [-0.15, -0.1) is 0 Å². The number of imidazole rings is 1. The topological polar surface area (TPSA) is 55.4 Å². The van der Waals surface area contributed by atoms with Gasteiger partial charge in [-0.2, -0.15) is 0 Å². The van der Waals surface area contributed by atoms with Crippen LogP contribution in [0.4, 0.5) is 5.69 Å². The Bertz CT molecular complexity index is 1160. The van der Waals surface area contributed by atoms with Crippen LogP contribution in [0.2, 0.25) is 0 Å². The number of para-hydroxylation sites is 1. The minimum atomic E-state index is -0.415. The molecule has 6 heteroatoms. The number of aromatic nitrogens is 2. The quantitative estimate of drug-likeness (QED) is 0.464. The first-order valence-electron chi connectivity index (χ1n) is 11.0. The molecular formula is C25H30N3O3+. The molecule has 0 saturated heterocycles. The van der Waals surface area contributed by atoms with E-state index in [1.165, 1.54) is 5.56 Å². The van der Waals surface area contributed by atoms with Crippen LogP contribution < -0.4 is 9.47 Å². The van der Waals surface area contributed by atoms with Crippen LogP contribution in [0.1, 0.15) is 55.5 Å². The fraction of sp³-hybridized carbons (Fsp3) is 0.400. The molecule has 0 bridgehead atoms. The maximum Gasteiger partial charge on any atom is 0.338 e. The Morgan fingerprint density at radius 3 is 2.65 bits per heavy atom. The van der Waals surface area contributed by atoms with Crippen molar-refractivity contribution in [3.63, 3.8) is 0 Å². The highest BCUT2D eigenvalue weighted by Crippen LogP contribution is 2.34. The van der Waals surface area contributed by atoms with Gasteiger partial charge >= 0.3 is 5.97 Å². The van der Waals surface area contributed by atoms with Gasteiger partial charge in [-0.1, -0.05) is 18.2 Å². The molecule has 0 saturated carbocycles. The number of benzene rings is 2. The van der Waals surface area contributed by atoms with E-state index in [2.05, 4.69) is 29.0 Å². The van der Waals surface area contributed by atoms with Crippen molar-refractivity contribution < 1.29 is 18.9 Å². The summed E-state index contributed by atoms with van der Waals surface area (Å²) in [6.45, 7) is 11.0. The molecule has 4 rings (SSSR count). The molecule has 1 amide bonds. The normalized spacial score (nSPS) is 16.4. The summed E-state index contributed by atoms with van der Waals surface area (Å²) >= 11 is 0. The summed E-state index contributed by atoms with van der Waals surface area (Å²) in [4.78, 5) is 28.0. The summed E-state index contributed by atoms with van der Waals surface area (Å²) in [5.74, 6) is 0.695. The predicted octanol–water partition coefficient (Wildman–Crippen LogP) is 3.97. The summed E-state index contributed by atoms with van der Waals surface area (Å²) in [6, 6.07) is 13.4. The molecule has 0 aliphatic carbocycles. The van der Waals surface area contributed by atoms with Gasteiger partial charge in [-0.3, -0.25) is 4.79 Å². The molecule has 1 aliphatic heterocycles. The van der Waals surface area contributed by atoms with E-state index in [1.54, 1.807) is 13.0 Å². The number of aryl methyl sites for hydroxylation is 1. The molecule has 0 fully saturated rings. The van der Waals surface area contributed by atoms with Gasteiger partial charge < -0.3 is 9.64 Å². The zero-order valence-corrected chi connectivity index (χ0v) is 18.9. The average molecular weight is 421 g/mol. The number of hydrogen-bond acceptors (Lipinski definition) is 3. The van der Waals surface area contributed by atoms with Crippen LogP contribution in [0.5, 0.6) is 0 Å². The van der Waals surface area contributed by atoms with E-state index in [1.807, 2.05) is 49.1 Å². The van der Waals surface area contributed by atoms with Gasteiger partial charge in [0.1, 0.15) is 0 Å². The highest BCUT2D eigenvalue weighted by Gasteiger charge is 2.37. The third kappa shape index (κ3) is 3.40. The van der Waals surface area contributed by atoms with Gasteiger partial charge in [-0.05, 0) is 57.9 Å². The first-order valence-corrected chi connectivity index (χ1v) is 11.0. The SMILES string of the molecule is CCOC(=O)c1ccc2c(c1)n([C@@H](C)C(=O)N1c3ccccc3C[C@@H]1C)c(C)[n+]2CC. The van der Waals surface area contributed by atoms with E-state index in [4.69, 9.17) is 4.74 Å². The molecule has 6 nitrogen and oxygen atoms in total. The summed E-state index contributed by atoms with van der Waals surface area (Å²) in [5, 5.41) is 0.